The summed E-state index contributed by atoms with van der Waals surface area (Å²) in [5.74, 6) is 0. The molecule has 1 rings (SSSR count). The number of aliphatic hydroxyl groups is 1. The predicted molar refractivity (Wildman–Crippen MR) is 61.5 cm³/mol. The molecule has 0 unspecified atom stereocenters. The molecular weight excluding hydrogens is 232 g/mol. The summed E-state index contributed by atoms with van der Waals surface area (Å²) in [6.45, 7) is 2.31. The summed E-state index contributed by atoms with van der Waals surface area (Å²) in [6.07, 6.45) is 0. The monoisotopic (exact) mass is 244 g/mol. The molecule has 0 fully saturated rings. The zero-order valence-corrected chi connectivity index (χ0v) is 9.57. The van der Waals surface area contributed by atoms with Gasteiger partial charge in [0.25, 0.3) is 5.69 Å². The molecule has 1 aromatic rings. The van der Waals surface area contributed by atoms with Gasteiger partial charge in [-0.25, -0.2) is 0 Å². The fraction of sp³-hybridized carbons (Fsp3) is 0.400. The van der Waals surface area contributed by atoms with E-state index in [2.05, 4.69) is 5.32 Å². The highest BCUT2D eigenvalue weighted by Gasteiger charge is 2.12. The van der Waals surface area contributed by atoms with E-state index in [1.54, 1.807) is 6.07 Å². The number of hydrogen-bond acceptors (Lipinski definition) is 4. The maximum atomic E-state index is 10.6. The minimum atomic E-state index is -0.513. The van der Waals surface area contributed by atoms with Gasteiger partial charge in [-0.3, -0.25) is 10.1 Å². The summed E-state index contributed by atoms with van der Waals surface area (Å²) < 4.78 is 0. The Balaban J connectivity index is 2.75. The van der Waals surface area contributed by atoms with Crippen LogP contribution in [0.15, 0.2) is 18.2 Å². The lowest BCUT2D eigenvalue weighted by atomic mass is 10.2. The van der Waals surface area contributed by atoms with Crippen molar-refractivity contribution in [1.82, 2.24) is 5.32 Å². The van der Waals surface area contributed by atoms with Gasteiger partial charge >= 0.3 is 0 Å². The largest absolute Gasteiger partial charge is 0.395 e. The normalized spacial score (nSPS) is 12.4. The summed E-state index contributed by atoms with van der Waals surface area (Å²) in [5, 5.41) is 22.6. The van der Waals surface area contributed by atoms with Crippen LogP contribution in [0, 0.1) is 10.1 Å². The summed E-state index contributed by atoms with van der Waals surface area (Å²) in [4.78, 5) is 10.1. The number of nitro groups is 1. The third-order valence-electron chi connectivity index (χ3n) is 2.14. The number of aliphatic hydroxyl groups excluding tert-OH is 1. The summed E-state index contributed by atoms with van der Waals surface area (Å²) in [6, 6.07) is 4.60. The van der Waals surface area contributed by atoms with Crippen molar-refractivity contribution >= 4 is 17.3 Å². The molecule has 16 heavy (non-hydrogen) atoms. The third kappa shape index (κ3) is 3.44. The molecule has 6 heteroatoms. The van der Waals surface area contributed by atoms with E-state index in [1.807, 2.05) is 6.92 Å². The van der Waals surface area contributed by atoms with Crippen LogP contribution >= 0.6 is 11.6 Å². The molecule has 0 saturated carbocycles. The number of nitrogens with zero attached hydrogens (tertiary/aromatic N) is 1. The maximum absolute atomic E-state index is 10.6. The van der Waals surface area contributed by atoms with E-state index in [0.717, 1.165) is 5.56 Å². The van der Waals surface area contributed by atoms with Crippen molar-refractivity contribution in [2.45, 2.75) is 19.5 Å². The molecule has 1 aromatic carbocycles. The Morgan fingerprint density at radius 1 is 1.62 bits per heavy atom. The Morgan fingerprint density at radius 2 is 2.31 bits per heavy atom. The number of benzene rings is 1. The first-order valence-electron chi connectivity index (χ1n) is 4.81. The van der Waals surface area contributed by atoms with E-state index in [0.29, 0.717) is 6.54 Å². The quantitative estimate of drug-likeness (QED) is 0.611. The zero-order valence-electron chi connectivity index (χ0n) is 8.81. The number of nitro benzene ring substituents is 1. The van der Waals surface area contributed by atoms with Gasteiger partial charge in [-0.15, -0.1) is 0 Å². The van der Waals surface area contributed by atoms with Crippen molar-refractivity contribution in [3.63, 3.8) is 0 Å². The van der Waals surface area contributed by atoms with E-state index >= 15 is 0 Å². The van der Waals surface area contributed by atoms with E-state index in [4.69, 9.17) is 16.7 Å². The number of nitrogens with one attached hydrogen (secondary N) is 1. The van der Waals surface area contributed by atoms with Crippen molar-refractivity contribution in [2.24, 2.45) is 0 Å². The molecular formula is C10H13ClN2O3. The fourth-order valence-electron chi connectivity index (χ4n) is 1.16. The topological polar surface area (TPSA) is 75.4 Å². The minimum absolute atomic E-state index is 0.0235. The van der Waals surface area contributed by atoms with E-state index < -0.39 is 4.92 Å². The van der Waals surface area contributed by atoms with Gasteiger partial charge in [-0.05, 0) is 18.6 Å². The Morgan fingerprint density at radius 3 is 2.88 bits per heavy atom. The highest BCUT2D eigenvalue weighted by atomic mass is 35.5. The van der Waals surface area contributed by atoms with Gasteiger partial charge in [0.2, 0.25) is 0 Å². The van der Waals surface area contributed by atoms with Crippen LogP contribution in [0.1, 0.15) is 12.5 Å². The van der Waals surface area contributed by atoms with Gasteiger partial charge in [0.15, 0.2) is 0 Å². The summed E-state index contributed by atoms with van der Waals surface area (Å²) >= 11 is 5.68. The molecule has 5 nitrogen and oxygen atoms in total. The highest BCUT2D eigenvalue weighted by molar-refractivity contribution is 6.32. The van der Waals surface area contributed by atoms with Gasteiger partial charge < -0.3 is 10.4 Å². The Labute approximate surface area is 98.2 Å². The second-order valence-electron chi connectivity index (χ2n) is 3.51. The van der Waals surface area contributed by atoms with Crippen LogP contribution in [0.25, 0.3) is 0 Å². The van der Waals surface area contributed by atoms with Gasteiger partial charge in [0, 0.05) is 18.7 Å². The van der Waals surface area contributed by atoms with Crippen LogP contribution in [0.4, 0.5) is 5.69 Å². The Kier molecular flexibility index (Phi) is 4.67. The molecule has 0 aliphatic carbocycles. The second kappa shape index (κ2) is 5.79. The van der Waals surface area contributed by atoms with E-state index in [-0.39, 0.29) is 23.4 Å². The first-order valence-corrected chi connectivity index (χ1v) is 5.19. The summed E-state index contributed by atoms with van der Waals surface area (Å²) in [5.41, 5.74) is 0.661. The average molecular weight is 245 g/mol. The van der Waals surface area contributed by atoms with Crippen molar-refractivity contribution in [1.29, 1.82) is 0 Å². The molecule has 0 bridgehead atoms. The lowest BCUT2D eigenvalue weighted by molar-refractivity contribution is -0.384. The number of halogens is 1. The molecule has 2 N–H and O–H groups in total. The van der Waals surface area contributed by atoms with Gasteiger partial charge in [-0.2, -0.15) is 0 Å². The van der Waals surface area contributed by atoms with Crippen LogP contribution in [-0.4, -0.2) is 22.7 Å². The molecule has 0 radical (unpaired) electrons. The molecule has 0 aliphatic heterocycles. The molecule has 0 spiro atoms. The van der Waals surface area contributed by atoms with Gasteiger partial charge in [0.05, 0.1) is 11.5 Å². The van der Waals surface area contributed by atoms with Crippen molar-refractivity contribution in [2.75, 3.05) is 6.61 Å². The number of hydrogen-bond donors (Lipinski definition) is 2. The predicted octanol–water partition coefficient (Wildman–Crippen LogP) is 1.72. The molecule has 0 heterocycles. The van der Waals surface area contributed by atoms with Crippen molar-refractivity contribution in [3.8, 4) is 0 Å². The molecule has 0 aromatic heterocycles. The third-order valence-corrected chi connectivity index (χ3v) is 2.46. The lowest BCUT2D eigenvalue weighted by Crippen LogP contribution is -2.28. The van der Waals surface area contributed by atoms with Crippen LogP contribution in [0.3, 0.4) is 0 Å². The SMILES string of the molecule is C[C@@H](CO)NCc1ccc(Cl)c([N+](=O)[O-])c1. The Bertz CT molecular complexity index is 384. The molecule has 0 amide bonds. The van der Waals surface area contributed by atoms with E-state index in [1.165, 1.54) is 12.1 Å². The molecule has 0 aliphatic rings. The number of rotatable bonds is 5. The first kappa shape index (κ1) is 12.9. The zero-order chi connectivity index (χ0) is 12.1. The minimum Gasteiger partial charge on any atom is -0.395 e. The highest BCUT2D eigenvalue weighted by Crippen LogP contribution is 2.24. The lowest BCUT2D eigenvalue weighted by Gasteiger charge is -2.10. The fourth-order valence-corrected chi connectivity index (χ4v) is 1.35. The molecule has 0 saturated heterocycles. The standard InChI is InChI=1S/C10H13ClN2O3/c1-7(6-14)12-5-8-2-3-9(11)10(4-8)13(15)16/h2-4,7,12,14H,5-6H2,1H3/t7-/m0/s1. The first-order chi connectivity index (χ1) is 7.54. The van der Waals surface area contributed by atoms with Crippen LogP contribution in [0.5, 0.6) is 0 Å². The molecule has 1 atom stereocenters. The van der Waals surface area contributed by atoms with Crippen LogP contribution < -0.4 is 5.32 Å². The smallest absolute Gasteiger partial charge is 0.288 e. The molecule has 88 valence electrons. The maximum Gasteiger partial charge on any atom is 0.288 e. The summed E-state index contributed by atoms with van der Waals surface area (Å²) in [7, 11) is 0. The second-order valence-corrected chi connectivity index (χ2v) is 3.91. The van der Waals surface area contributed by atoms with Crippen molar-refractivity contribution < 1.29 is 10.0 Å². The van der Waals surface area contributed by atoms with Crippen molar-refractivity contribution in [3.05, 3.63) is 38.9 Å². The Hall–Kier alpha value is -1.17. The van der Waals surface area contributed by atoms with Crippen LogP contribution in [-0.2, 0) is 6.54 Å². The van der Waals surface area contributed by atoms with E-state index in [9.17, 15) is 10.1 Å². The van der Waals surface area contributed by atoms with Gasteiger partial charge in [-0.1, -0.05) is 17.7 Å². The van der Waals surface area contributed by atoms with Crippen LogP contribution in [0.2, 0.25) is 5.02 Å². The average Bonchev–Trinajstić information content (AvgIpc) is 2.27. The van der Waals surface area contributed by atoms with Gasteiger partial charge in [0.1, 0.15) is 5.02 Å².